The van der Waals surface area contributed by atoms with Crippen LogP contribution in [0.15, 0.2) is 12.1 Å². The third-order valence-electron chi connectivity index (χ3n) is 4.59. The number of rotatable bonds is 5. The van der Waals surface area contributed by atoms with Gasteiger partial charge in [-0.2, -0.15) is 0 Å². The average Bonchev–Trinajstić information content (AvgIpc) is 2.43. The van der Waals surface area contributed by atoms with Gasteiger partial charge in [0.05, 0.1) is 6.61 Å². The largest absolute Gasteiger partial charge is 0.491 e. The van der Waals surface area contributed by atoms with Gasteiger partial charge in [0.1, 0.15) is 18.6 Å². The molecule has 0 radical (unpaired) electrons. The summed E-state index contributed by atoms with van der Waals surface area (Å²) in [5, 5.41) is 0. The Morgan fingerprint density at radius 2 is 1.76 bits per heavy atom. The van der Waals surface area contributed by atoms with E-state index >= 15 is 0 Å². The van der Waals surface area contributed by atoms with Crippen molar-refractivity contribution in [2.75, 3.05) is 20.3 Å². The molecule has 0 atom stereocenters. The van der Waals surface area contributed by atoms with Crippen LogP contribution in [0.3, 0.4) is 0 Å². The zero-order valence-corrected chi connectivity index (χ0v) is 13.8. The Kier molecular flexibility index (Phi) is 4.43. The lowest BCUT2D eigenvalue weighted by molar-refractivity contribution is 0.112. The fourth-order valence-corrected chi connectivity index (χ4v) is 3.17. The lowest BCUT2D eigenvalue weighted by atomic mass is 9.62. The van der Waals surface area contributed by atoms with Crippen LogP contribution in [-0.2, 0) is 15.6 Å². The van der Waals surface area contributed by atoms with Crippen LogP contribution in [0.2, 0.25) is 0 Å². The normalized spacial score (nSPS) is 18.9. The minimum absolute atomic E-state index is 0.0642. The molecule has 0 unspecified atom stereocenters. The lowest BCUT2D eigenvalue weighted by Gasteiger charge is -2.42. The van der Waals surface area contributed by atoms with Gasteiger partial charge in [-0.05, 0) is 41.4 Å². The second kappa shape index (κ2) is 5.80. The predicted molar refractivity (Wildman–Crippen MR) is 84.5 cm³/mol. The van der Waals surface area contributed by atoms with Crippen molar-refractivity contribution < 1.29 is 14.3 Å². The molecule has 0 aliphatic heterocycles. The van der Waals surface area contributed by atoms with Gasteiger partial charge in [0, 0.05) is 18.2 Å². The van der Waals surface area contributed by atoms with Gasteiger partial charge in [0.25, 0.3) is 0 Å². The maximum absolute atomic E-state index is 11.3. The lowest BCUT2D eigenvalue weighted by Crippen LogP contribution is -2.34. The average molecular weight is 290 g/mol. The first-order valence-electron chi connectivity index (χ1n) is 7.58. The van der Waals surface area contributed by atoms with Gasteiger partial charge in [0.15, 0.2) is 0 Å². The molecule has 0 bridgehead atoms. The Labute approximate surface area is 127 Å². The zero-order valence-electron chi connectivity index (χ0n) is 13.8. The van der Waals surface area contributed by atoms with E-state index in [1.807, 2.05) is 12.1 Å². The molecule has 3 nitrogen and oxygen atoms in total. The number of carbonyl (C=O) groups excluding carboxylic acids is 1. The molecule has 21 heavy (non-hydrogen) atoms. The summed E-state index contributed by atoms with van der Waals surface area (Å²) in [4.78, 5) is 11.3. The fraction of sp³-hybridized carbons (Fsp3) is 0.611. The molecule has 0 fully saturated rings. The van der Waals surface area contributed by atoms with Crippen molar-refractivity contribution in [2.45, 2.75) is 51.4 Å². The number of methoxy groups -OCH3 is 1. The third kappa shape index (κ3) is 3.13. The highest BCUT2D eigenvalue weighted by Gasteiger charge is 2.39. The number of hydrogen-bond acceptors (Lipinski definition) is 3. The van der Waals surface area contributed by atoms with E-state index in [4.69, 9.17) is 9.47 Å². The van der Waals surface area contributed by atoms with Crippen LogP contribution in [0.1, 0.15) is 62.0 Å². The molecule has 3 heteroatoms. The van der Waals surface area contributed by atoms with Crippen molar-refractivity contribution >= 4 is 6.29 Å². The molecule has 0 saturated heterocycles. The Morgan fingerprint density at radius 1 is 1.10 bits per heavy atom. The topological polar surface area (TPSA) is 35.5 Å². The van der Waals surface area contributed by atoms with Crippen LogP contribution >= 0.6 is 0 Å². The van der Waals surface area contributed by atoms with Crippen molar-refractivity contribution in [3.8, 4) is 5.75 Å². The van der Waals surface area contributed by atoms with Gasteiger partial charge in [-0.15, -0.1) is 0 Å². The van der Waals surface area contributed by atoms with Crippen LogP contribution < -0.4 is 4.74 Å². The maximum atomic E-state index is 11.3. The second-order valence-corrected chi connectivity index (χ2v) is 7.17. The van der Waals surface area contributed by atoms with Gasteiger partial charge in [-0.25, -0.2) is 0 Å². The summed E-state index contributed by atoms with van der Waals surface area (Å²) < 4.78 is 11.0. The summed E-state index contributed by atoms with van der Waals surface area (Å²) in [5.74, 6) is 0.837. The molecule has 1 aromatic rings. The van der Waals surface area contributed by atoms with E-state index in [1.165, 1.54) is 11.1 Å². The summed E-state index contributed by atoms with van der Waals surface area (Å²) in [6.07, 6.45) is 3.14. The van der Waals surface area contributed by atoms with Crippen molar-refractivity contribution in [3.05, 3.63) is 28.8 Å². The molecule has 1 aliphatic carbocycles. The first-order chi connectivity index (χ1) is 9.81. The summed E-state index contributed by atoms with van der Waals surface area (Å²) >= 11 is 0. The summed E-state index contributed by atoms with van der Waals surface area (Å²) in [7, 11) is 1.66. The highest BCUT2D eigenvalue weighted by atomic mass is 16.5. The first kappa shape index (κ1) is 16.0. The molecule has 1 aliphatic rings. The highest BCUT2D eigenvalue weighted by Crippen LogP contribution is 2.49. The van der Waals surface area contributed by atoms with E-state index in [2.05, 4.69) is 27.7 Å². The molecule has 0 spiro atoms. The van der Waals surface area contributed by atoms with Crippen LogP contribution in [0, 0.1) is 0 Å². The SMILES string of the molecule is COCCOc1cc(C=O)cc2c1C(C)(C)CCC2(C)C. The van der Waals surface area contributed by atoms with Crippen LogP contribution in [0.4, 0.5) is 0 Å². The smallest absolute Gasteiger partial charge is 0.150 e. The van der Waals surface area contributed by atoms with E-state index in [0.717, 1.165) is 24.9 Å². The summed E-state index contributed by atoms with van der Waals surface area (Å²) in [6, 6.07) is 3.90. The first-order valence-corrected chi connectivity index (χ1v) is 7.58. The summed E-state index contributed by atoms with van der Waals surface area (Å²) in [6.45, 7) is 10.0. The van der Waals surface area contributed by atoms with Crippen molar-refractivity contribution in [1.82, 2.24) is 0 Å². The monoisotopic (exact) mass is 290 g/mol. The standard InChI is InChI=1S/C18H26O3/c1-17(2)6-7-18(3,4)16-14(17)10-13(12-19)11-15(16)21-9-8-20-5/h10-12H,6-9H2,1-5H3. The number of fused-ring (bicyclic) bond motifs is 1. The van der Waals surface area contributed by atoms with Crippen LogP contribution in [0.5, 0.6) is 5.75 Å². The van der Waals surface area contributed by atoms with Gasteiger partial charge < -0.3 is 9.47 Å². The molecule has 0 heterocycles. The Balaban J connectivity index is 2.56. The van der Waals surface area contributed by atoms with Crippen molar-refractivity contribution in [1.29, 1.82) is 0 Å². The molecule has 0 amide bonds. The quantitative estimate of drug-likeness (QED) is 0.610. The van der Waals surface area contributed by atoms with Crippen molar-refractivity contribution in [3.63, 3.8) is 0 Å². The molecule has 0 saturated carbocycles. The molecule has 116 valence electrons. The molecular weight excluding hydrogens is 264 g/mol. The number of hydrogen-bond donors (Lipinski definition) is 0. The number of ether oxygens (including phenoxy) is 2. The predicted octanol–water partition coefficient (Wildman–Crippen LogP) is 3.87. The molecule has 0 N–H and O–H groups in total. The van der Waals surface area contributed by atoms with Gasteiger partial charge in [-0.1, -0.05) is 27.7 Å². The minimum Gasteiger partial charge on any atom is -0.491 e. The zero-order chi connectivity index (χ0) is 15.7. The number of carbonyl (C=O) groups is 1. The molecule has 1 aromatic carbocycles. The Morgan fingerprint density at radius 3 is 2.38 bits per heavy atom. The van der Waals surface area contributed by atoms with E-state index in [0.29, 0.717) is 18.8 Å². The van der Waals surface area contributed by atoms with Crippen LogP contribution in [0.25, 0.3) is 0 Å². The Bertz CT molecular complexity index is 530. The summed E-state index contributed by atoms with van der Waals surface area (Å²) in [5.41, 5.74) is 3.32. The molecule has 0 aromatic heterocycles. The van der Waals surface area contributed by atoms with Crippen LogP contribution in [-0.4, -0.2) is 26.6 Å². The van der Waals surface area contributed by atoms with Crippen molar-refractivity contribution in [2.24, 2.45) is 0 Å². The van der Waals surface area contributed by atoms with Gasteiger partial charge in [0.2, 0.25) is 0 Å². The fourth-order valence-electron chi connectivity index (χ4n) is 3.17. The molecular formula is C18H26O3. The number of benzene rings is 1. The van der Waals surface area contributed by atoms with E-state index in [-0.39, 0.29) is 10.8 Å². The Hall–Kier alpha value is -1.35. The maximum Gasteiger partial charge on any atom is 0.150 e. The highest BCUT2D eigenvalue weighted by molar-refractivity contribution is 5.77. The van der Waals surface area contributed by atoms with Gasteiger partial charge >= 0.3 is 0 Å². The second-order valence-electron chi connectivity index (χ2n) is 7.17. The van der Waals surface area contributed by atoms with Gasteiger partial charge in [-0.3, -0.25) is 4.79 Å². The number of aldehydes is 1. The third-order valence-corrected chi connectivity index (χ3v) is 4.59. The van der Waals surface area contributed by atoms with E-state index in [1.54, 1.807) is 7.11 Å². The van der Waals surface area contributed by atoms with E-state index in [9.17, 15) is 4.79 Å². The minimum atomic E-state index is 0.0642. The molecule has 2 rings (SSSR count). The van der Waals surface area contributed by atoms with E-state index < -0.39 is 0 Å².